The third-order valence-electron chi connectivity index (χ3n) is 6.50. The Bertz CT molecular complexity index is 1260. The number of hydrogen-bond donors (Lipinski definition) is 0. The fourth-order valence-corrected chi connectivity index (χ4v) is 4.61. The van der Waals surface area contributed by atoms with Crippen LogP contribution in [0.2, 0.25) is 0 Å². The van der Waals surface area contributed by atoms with E-state index in [-0.39, 0.29) is 24.0 Å². The van der Waals surface area contributed by atoms with Gasteiger partial charge in [-0.1, -0.05) is 36.4 Å². The van der Waals surface area contributed by atoms with Crippen molar-refractivity contribution in [1.29, 1.82) is 0 Å². The van der Waals surface area contributed by atoms with Crippen molar-refractivity contribution in [3.8, 4) is 22.5 Å². The van der Waals surface area contributed by atoms with Gasteiger partial charge in [0.15, 0.2) is 0 Å². The highest BCUT2D eigenvalue weighted by Gasteiger charge is 2.26. The Labute approximate surface area is 193 Å². The first-order valence-electron chi connectivity index (χ1n) is 10.9. The third kappa shape index (κ3) is 4.08. The molecule has 1 aliphatic rings. The second-order valence-corrected chi connectivity index (χ2v) is 8.50. The first kappa shape index (κ1) is 22.2. The molecule has 0 N–H and O–H groups in total. The highest BCUT2D eigenvalue weighted by atomic mass is 35.5. The quantitative estimate of drug-likeness (QED) is 0.458. The van der Waals surface area contributed by atoms with Gasteiger partial charge in [0.1, 0.15) is 5.69 Å². The van der Waals surface area contributed by atoms with Gasteiger partial charge in [-0.3, -0.25) is 4.79 Å². The van der Waals surface area contributed by atoms with E-state index >= 15 is 0 Å². The topological polar surface area (TPSA) is 55.4 Å². The Hall–Kier alpha value is -2.96. The summed E-state index contributed by atoms with van der Waals surface area (Å²) in [4.78, 5) is 15.1. The molecule has 1 fully saturated rings. The average molecular weight is 450 g/mol. The van der Waals surface area contributed by atoms with Crippen LogP contribution in [0.3, 0.4) is 0 Å². The lowest BCUT2D eigenvalue weighted by Gasteiger charge is -2.33. The predicted molar refractivity (Wildman–Crippen MR) is 130 cm³/mol. The molecule has 0 radical (unpaired) electrons. The first-order valence-corrected chi connectivity index (χ1v) is 10.9. The second-order valence-electron chi connectivity index (χ2n) is 8.50. The van der Waals surface area contributed by atoms with E-state index in [4.69, 9.17) is 10.2 Å². The molecule has 5 rings (SSSR count). The molecule has 3 aromatic heterocycles. The summed E-state index contributed by atoms with van der Waals surface area (Å²) >= 11 is 0. The second kappa shape index (κ2) is 9.27. The highest BCUT2D eigenvalue weighted by molar-refractivity contribution is 5.90. The minimum absolute atomic E-state index is 0. The summed E-state index contributed by atoms with van der Waals surface area (Å²) in [5.41, 5.74) is 4.56. The summed E-state index contributed by atoms with van der Waals surface area (Å²) < 4.78 is 3.57. The van der Waals surface area contributed by atoms with E-state index in [0.29, 0.717) is 5.92 Å². The standard InChI is InChI=1S/C25H27N5O.ClH/c1-18(19-13-16-28(2)17-14-19)30-23(31)12-11-21(26-30)24-22-10-6-7-15-29(22)27-25(24)20-8-4-3-5-9-20;/h3-12,15,18-19H,13-14,16-17H2,1-2H3;1H. The van der Waals surface area contributed by atoms with Crippen LogP contribution in [0.25, 0.3) is 28.0 Å². The molecular weight excluding hydrogens is 422 g/mol. The summed E-state index contributed by atoms with van der Waals surface area (Å²) in [5, 5.41) is 9.72. The molecule has 0 spiro atoms. The van der Waals surface area contributed by atoms with Gasteiger partial charge in [-0.2, -0.15) is 10.2 Å². The van der Waals surface area contributed by atoms with Crippen LogP contribution in [0.1, 0.15) is 25.8 Å². The minimum atomic E-state index is -0.0482. The number of pyridine rings is 1. The maximum absolute atomic E-state index is 12.8. The van der Waals surface area contributed by atoms with Crippen LogP contribution >= 0.6 is 12.4 Å². The fourth-order valence-electron chi connectivity index (χ4n) is 4.61. The number of nitrogens with zero attached hydrogens (tertiary/aromatic N) is 5. The van der Waals surface area contributed by atoms with Gasteiger partial charge < -0.3 is 4.90 Å². The van der Waals surface area contributed by atoms with Crippen molar-refractivity contribution in [2.24, 2.45) is 5.92 Å². The largest absolute Gasteiger partial charge is 0.306 e. The number of aromatic nitrogens is 4. The molecule has 1 aromatic carbocycles. The number of fused-ring (bicyclic) bond motifs is 1. The van der Waals surface area contributed by atoms with E-state index in [2.05, 4.69) is 31.0 Å². The molecule has 0 bridgehead atoms. The zero-order valence-electron chi connectivity index (χ0n) is 18.4. The number of likely N-dealkylation sites (tertiary alicyclic amines) is 1. The summed E-state index contributed by atoms with van der Waals surface area (Å²) in [6.45, 7) is 4.26. The summed E-state index contributed by atoms with van der Waals surface area (Å²) in [5.74, 6) is 0.453. The van der Waals surface area contributed by atoms with Gasteiger partial charge >= 0.3 is 0 Å². The van der Waals surface area contributed by atoms with Crippen LogP contribution < -0.4 is 5.56 Å². The van der Waals surface area contributed by atoms with Crippen LogP contribution in [0, 0.1) is 5.92 Å². The number of rotatable bonds is 4. The van der Waals surface area contributed by atoms with E-state index in [1.54, 1.807) is 10.7 Å². The predicted octanol–water partition coefficient (Wildman–Crippen LogP) is 4.55. The van der Waals surface area contributed by atoms with Crippen LogP contribution in [0.15, 0.2) is 71.7 Å². The molecule has 0 aliphatic carbocycles. The Balaban J connectivity index is 0.00000245. The van der Waals surface area contributed by atoms with Crippen molar-refractivity contribution < 1.29 is 0 Å². The molecule has 0 saturated carbocycles. The molecule has 1 aliphatic heterocycles. The monoisotopic (exact) mass is 449 g/mol. The van der Waals surface area contributed by atoms with Crippen molar-refractivity contribution in [3.05, 3.63) is 77.2 Å². The van der Waals surface area contributed by atoms with Gasteiger partial charge in [0, 0.05) is 17.8 Å². The number of benzene rings is 1. The van der Waals surface area contributed by atoms with E-state index in [1.807, 2.05) is 53.2 Å². The summed E-state index contributed by atoms with van der Waals surface area (Å²) in [6.07, 6.45) is 4.12. The molecule has 166 valence electrons. The fraction of sp³-hybridized carbons (Fsp3) is 0.320. The van der Waals surface area contributed by atoms with E-state index in [1.165, 1.54) is 0 Å². The van der Waals surface area contributed by atoms with Crippen molar-refractivity contribution >= 4 is 17.9 Å². The van der Waals surface area contributed by atoms with Crippen molar-refractivity contribution in [1.82, 2.24) is 24.3 Å². The van der Waals surface area contributed by atoms with E-state index in [0.717, 1.165) is 54.0 Å². The average Bonchev–Trinajstić information content (AvgIpc) is 3.20. The van der Waals surface area contributed by atoms with Crippen LogP contribution in [-0.2, 0) is 0 Å². The van der Waals surface area contributed by atoms with Gasteiger partial charge in [0.25, 0.3) is 5.56 Å². The number of hydrogen-bond acceptors (Lipinski definition) is 4. The lowest BCUT2D eigenvalue weighted by atomic mass is 9.90. The molecule has 0 amide bonds. The lowest BCUT2D eigenvalue weighted by molar-refractivity contribution is 0.171. The van der Waals surface area contributed by atoms with Crippen molar-refractivity contribution in [2.45, 2.75) is 25.8 Å². The molecule has 1 atom stereocenters. The third-order valence-corrected chi connectivity index (χ3v) is 6.50. The Morgan fingerprint density at radius 2 is 1.66 bits per heavy atom. The molecule has 1 saturated heterocycles. The number of halogens is 1. The molecule has 4 heterocycles. The number of piperidine rings is 1. The maximum atomic E-state index is 12.8. The van der Waals surface area contributed by atoms with E-state index < -0.39 is 0 Å². The van der Waals surface area contributed by atoms with Crippen molar-refractivity contribution in [3.63, 3.8) is 0 Å². The van der Waals surface area contributed by atoms with Crippen LogP contribution in [0.4, 0.5) is 0 Å². The first-order chi connectivity index (χ1) is 15.1. The molecule has 7 heteroatoms. The van der Waals surface area contributed by atoms with Crippen LogP contribution in [-0.4, -0.2) is 44.4 Å². The summed E-state index contributed by atoms with van der Waals surface area (Å²) in [6, 6.07) is 19.7. The smallest absolute Gasteiger partial charge is 0.267 e. The summed E-state index contributed by atoms with van der Waals surface area (Å²) in [7, 11) is 2.15. The molecule has 32 heavy (non-hydrogen) atoms. The van der Waals surface area contributed by atoms with Gasteiger partial charge in [0.2, 0.25) is 0 Å². The van der Waals surface area contributed by atoms with E-state index in [9.17, 15) is 4.79 Å². The molecule has 4 aromatic rings. The van der Waals surface area contributed by atoms with Crippen LogP contribution in [0.5, 0.6) is 0 Å². The lowest BCUT2D eigenvalue weighted by Crippen LogP contribution is -2.37. The zero-order chi connectivity index (χ0) is 21.4. The van der Waals surface area contributed by atoms with Gasteiger partial charge in [0.05, 0.1) is 22.8 Å². The molecular formula is C25H28ClN5O. The Kier molecular flexibility index (Phi) is 6.44. The molecule has 6 nitrogen and oxygen atoms in total. The highest BCUT2D eigenvalue weighted by Crippen LogP contribution is 2.34. The Morgan fingerprint density at radius 3 is 2.41 bits per heavy atom. The van der Waals surface area contributed by atoms with Gasteiger partial charge in [-0.15, -0.1) is 12.4 Å². The van der Waals surface area contributed by atoms with Gasteiger partial charge in [-0.25, -0.2) is 9.20 Å². The minimum Gasteiger partial charge on any atom is -0.306 e. The Morgan fingerprint density at radius 1 is 0.938 bits per heavy atom. The zero-order valence-corrected chi connectivity index (χ0v) is 19.2. The molecule has 1 unspecified atom stereocenters. The maximum Gasteiger partial charge on any atom is 0.267 e. The van der Waals surface area contributed by atoms with Gasteiger partial charge in [-0.05, 0) is 64.0 Å². The normalized spacial score (nSPS) is 16.1. The SMILES string of the molecule is CC(C1CCN(C)CC1)n1nc(-c2c(-c3ccccc3)nn3ccccc23)ccc1=O.Cl. The van der Waals surface area contributed by atoms with Crippen molar-refractivity contribution in [2.75, 3.05) is 20.1 Å².